The Hall–Kier alpha value is -0.970. The normalized spacial score (nSPS) is 37.3. The van der Waals surface area contributed by atoms with Gasteiger partial charge in [-0.3, -0.25) is 4.79 Å². The molecule has 0 aromatic carbocycles. The van der Waals surface area contributed by atoms with Gasteiger partial charge in [0.15, 0.2) is 0 Å². The summed E-state index contributed by atoms with van der Waals surface area (Å²) in [5, 5.41) is 0. The first kappa shape index (κ1) is 7.67. The topological polar surface area (TPSA) is 20.3 Å². The number of rotatable bonds is 0. The average Bonchev–Trinajstić information content (AvgIpc) is 2.69. The van der Waals surface area contributed by atoms with E-state index in [0.717, 1.165) is 19.4 Å². The summed E-state index contributed by atoms with van der Waals surface area (Å²) in [6.45, 7) is 2.93. The molecule has 0 aromatic rings. The van der Waals surface area contributed by atoms with Crippen LogP contribution in [0.5, 0.6) is 0 Å². The summed E-state index contributed by atoms with van der Waals surface area (Å²) in [5.74, 6) is 6.93. The zero-order valence-corrected chi connectivity index (χ0v) is 7.55. The summed E-state index contributed by atoms with van der Waals surface area (Å²) in [6, 6.07) is 0. The smallest absolute Gasteiger partial charge is 0.240 e. The molecule has 1 amide bonds. The Morgan fingerprint density at radius 3 is 3.00 bits per heavy atom. The molecule has 64 valence electrons. The van der Waals surface area contributed by atoms with Gasteiger partial charge < -0.3 is 4.90 Å². The lowest BCUT2D eigenvalue weighted by Crippen LogP contribution is -2.27. The molecule has 1 aliphatic heterocycles. The Labute approximate surface area is 72.9 Å². The summed E-state index contributed by atoms with van der Waals surface area (Å²) in [7, 11) is 1.86. The Morgan fingerprint density at radius 1 is 1.75 bits per heavy atom. The van der Waals surface area contributed by atoms with Gasteiger partial charge in [0.1, 0.15) is 5.41 Å². The number of amides is 1. The first-order valence-electron chi connectivity index (χ1n) is 4.46. The minimum atomic E-state index is -0.231. The minimum Gasteiger partial charge on any atom is -0.344 e. The van der Waals surface area contributed by atoms with E-state index in [0.29, 0.717) is 5.92 Å². The van der Waals surface area contributed by atoms with Crippen LogP contribution in [0.3, 0.4) is 0 Å². The van der Waals surface area contributed by atoms with Gasteiger partial charge in [0.05, 0.1) is 0 Å². The number of fused-ring (bicyclic) bond motifs is 1. The molecule has 2 aliphatic rings. The molecule has 2 rings (SSSR count). The highest BCUT2D eigenvalue weighted by Gasteiger charge is 2.65. The molecule has 1 aliphatic carbocycles. The lowest BCUT2D eigenvalue weighted by atomic mass is 10.1. The van der Waals surface area contributed by atoms with E-state index in [4.69, 9.17) is 0 Å². The van der Waals surface area contributed by atoms with Crippen LogP contribution in [0.2, 0.25) is 0 Å². The second kappa shape index (κ2) is 2.26. The van der Waals surface area contributed by atoms with E-state index in [9.17, 15) is 4.79 Å². The Bertz CT molecular complexity index is 286. The van der Waals surface area contributed by atoms with Crippen molar-refractivity contribution in [2.24, 2.45) is 11.3 Å². The van der Waals surface area contributed by atoms with Gasteiger partial charge in [0, 0.05) is 25.9 Å². The predicted molar refractivity (Wildman–Crippen MR) is 46.2 cm³/mol. The quantitative estimate of drug-likeness (QED) is 0.485. The van der Waals surface area contributed by atoms with Crippen LogP contribution < -0.4 is 0 Å². The standard InChI is InChI=1S/C10H13NO/c1-3-4-5-10-6-8(10)7-11(2)9(10)12/h8H,3,6-7H2,1-2H3. The van der Waals surface area contributed by atoms with Gasteiger partial charge in [-0.2, -0.15) is 0 Å². The number of likely N-dealkylation sites (tertiary alicyclic amines) is 1. The van der Waals surface area contributed by atoms with E-state index >= 15 is 0 Å². The fourth-order valence-electron chi connectivity index (χ4n) is 2.02. The predicted octanol–water partition coefficient (Wildman–Crippen LogP) is 0.878. The maximum atomic E-state index is 11.6. The maximum absolute atomic E-state index is 11.6. The van der Waals surface area contributed by atoms with Crippen LogP contribution in [0.25, 0.3) is 0 Å². The molecule has 0 spiro atoms. The monoisotopic (exact) mass is 163 g/mol. The van der Waals surface area contributed by atoms with Gasteiger partial charge in [-0.25, -0.2) is 0 Å². The highest BCUT2D eigenvalue weighted by Crippen LogP contribution is 2.57. The lowest BCUT2D eigenvalue weighted by Gasteiger charge is -2.11. The SMILES string of the molecule is CCC#CC12CC1CN(C)C2=O. The molecule has 1 saturated carbocycles. The molecule has 2 nitrogen and oxygen atoms in total. The maximum Gasteiger partial charge on any atom is 0.240 e. The number of carbonyl (C=O) groups excluding carboxylic acids is 1. The lowest BCUT2D eigenvalue weighted by molar-refractivity contribution is -0.130. The third kappa shape index (κ3) is 0.797. The molecule has 12 heavy (non-hydrogen) atoms. The van der Waals surface area contributed by atoms with Gasteiger partial charge >= 0.3 is 0 Å². The molecule has 1 saturated heterocycles. The van der Waals surface area contributed by atoms with Crippen molar-refractivity contribution in [3.63, 3.8) is 0 Å². The summed E-state index contributed by atoms with van der Waals surface area (Å²) in [6.07, 6.45) is 1.86. The minimum absolute atomic E-state index is 0.231. The van der Waals surface area contributed by atoms with Crippen molar-refractivity contribution in [2.45, 2.75) is 19.8 Å². The second-order valence-corrected chi connectivity index (χ2v) is 3.71. The van der Waals surface area contributed by atoms with Gasteiger partial charge in [0.2, 0.25) is 5.91 Å². The number of piperidine rings is 1. The zero-order valence-electron chi connectivity index (χ0n) is 7.55. The van der Waals surface area contributed by atoms with Gasteiger partial charge in [-0.05, 0) is 6.42 Å². The summed E-state index contributed by atoms with van der Waals surface area (Å²) in [5.41, 5.74) is -0.231. The molecule has 0 N–H and O–H groups in total. The summed E-state index contributed by atoms with van der Waals surface area (Å²) < 4.78 is 0. The van der Waals surface area contributed by atoms with E-state index in [-0.39, 0.29) is 11.3 Å². The van der Waals surface area contributed by atoms with Crippen molar-refractivity contribution < 1.29 is 4.79 Å². The number of nitrogens with zero attached hydrogens (tertiary/aromatic N) is 1. The van der Waals surface area contributed by atoms with Crippen molar-refractivity contribution in [3.05, 3.63) is 0 Å². The van der Waals surface area contributed by atoms with Crippen LogP contribution in [-0.2, 0) is 4.79 Å². The first-order valence-corrected chi connectivity index (χ1v) is 4.46. The van der Waals surface area contributed by atoms with Crippen LogP contribution >= 0.6 is 0 Å². The number of hydrogen-bond acceptors (Lipinski definition) is 1. The molecule has 0 bridgehead atoms. The van der Waals surface area contributed by atoms with Gasteiger partial charge in [0.25, 0.3) is 0 Å². The van der Waals surface area contributed by atoms with Crippen molar-refractivity contribution in [3.8, 4) is 11.8 Å². The van der Waals surface area contributed by atoms with Gasteiger partial charge in [-0.1, -0.05) is 12.8 Å². The van der Waals surface area contributed by atoms with E-state index < -0.39 is 0 Å². The summed E-state index contributed by atoms with van der Waals surface area (Å²) >= 11 is 0. The van der Waals surface area contributed by atoms with E-state index in [1.54, 1.807) is 4.90 Å². The molecular formula is C10H13NO. The van der Waals surface area contributed by atoms with Crippen LogP contribution in [0.15, 0.2) is 0 Å². The van der Waals surface area contributed by atoms with Crippen molar-refractivity contribution in [1.29, 1.82) is 0 Å². The van der Waals surface area contributed by atoms with Gasteiger partial charge in [-0.15, -0.1) is 5.92 Å². The molecule has 2 unspecified atom stereocenters. The molecule has 2 heteroatoms. The third-order valence-corrected chi connectivity index (χ3v) is 2.82. The van der Waals surface area contributed by atoms with Crippen LogP contribution in [-0.4, -0.2) is 24.4 Å². The highest BCUT2D eigenvalue weighted by molar-refractivity contribution is 5.92. The molecule has 0 radical (unpaired) electrons. The highest BCUT2D eigenvalue weighted by atomic mass is 16.2. The molecule has 0 aromatic heterocycles. The first-order chi connectivity index (χ1) is 5.70. The molecule has 1 heterocycles. The van der Waals surface area contributed by atoms with E-state index in [1.165, 1.54) is 0 Å². The largest absolute Gasteiger partial charge is 0.344 e. The molecular weight excluding hydrogens is 150 g/mol. The number of carbonyl (C=O) groups is 1. The van der Waals surface area contributed by atoms with Crippen LogP contribution in [0.1, 0.15) is 19.8 Å². The Kier molecular flexibility index (Phi) is 1.44. The van der Waals surface area contributed by atoms with Crippen molar-refractivity contribution >= 4 is 5.91 Å². The Balaban J connectivity index is 2.20. The Morgan fingerprint density at radius 2 is 2.50 bits per heavy atom. The van der Waals surface area contributed by atoms with Crippen LogP contribution in [0.4, 0.5) is 0 Å². The summed E-state index contributed by atoms with van der Waals surface area (Å²) in [4.78, 5) is 13.4. The van der Waals surface area contributed by atoms with Crippen molar-refractivity contribution in [2.75, 3.05) is 13.6 Å². The van der Waals surface area contributed by atoms with Crippen LogP contribution in [0, 0.1) is 23.2 Å². The second-order valence-electron chi connectivity index (χ2n) is 3.71. The fourth-order valence-corrected chi connectivity index (χ4v) is 2.02. The average molecular weight is 163 g/mol. The molecule has 2 atom stereocenters. The fraction of sp³-hybridized carbons (Fsp3) is 0.700. The van der Waals surface area contributed by atoms with E-state index in [1.807, 2.05) is 14.0 Å². The zero-order chi connectivity index (χ0) is 8.77. The number of hydrogen-bond donors (Lipinski definition) is 0. The van der Waals surface area contributed by atoms with E-state index in [2.05, 4.69) is 11.8 Å². The van der Waals surface area contributed by atoms with Crippen molar-refractivity contribution in [1.82, 2.24) is 4.90 Å². The third-order valence-electron chi connectivity index (χ3n) is 2.82. The molecule has 2 fully saturated rings.